The Kier molecular flexibility index (Phi) is 6.78. The van der Waals surface area contributed by atoms with Gasteiger partial charge >= 0.3 is 0 Å². The maximum Gasteiger partial charge on any atom is 0.240 e. The molecule has 0 spiro atoms. The first-order valence-electron chi connectivity index (χ1n) is 6.42. The summed E-state index contributed by atoms with van der Waals surface area (Å²) in [6, 6.07) is 2.29. The number of sulfonamides is 1. The molecule has 0 bridgehead atoms. The van der Waals surface area contributed by atoms with Gasteiger partial charge in [-0.25, -0.2) is 17.5 Å². The van der Waals surface area contributed by atoms with E-state index in [9.17, 15) is 12.8 Å². The third-order valence-electron chi connectivity index (χ3n) is 2.99. The number of rotatable bonds is 8. The van der Waals surface area contributed by atoms with Crippen LogP contribution in [0.25, 0.3) is 0 Å². The van der Waals surface area contributed by atoms with E-state index in [0.717, 1.165) is 31.1 Å². The van der Waals surface area contributed by atoms with E-state index in [4.69, 9.17) is 5.73 Å². The first kappa shape index (κ1) is 17.3. The van der Waals surface area contributed by atoms with Crippen LogP contribution in [-0.2, 0) is 10.0 Å². The van der Waals surface area contributed by atoms with Crippen molar-refractivity contribution in [1.82, 2.24) is 4.72 Å². The van der Waals surface area contributed by atoms with E-state index >= 15 is 0 Å². The summed E-state index contributed by atoms with van der Waals surface area (Å²) in [4.78, 5) is -0.123. The second-order valence-electron chi connectivity index (χ2n) is 4.57. The fourth-order valence-corrected chi connectivity index (χ4v) is 3.28. The van der Waals surface area contributed by atoms with Gasteiger partial charge in [0.25, 0.3) is 0 Å². The lowest BCUT2D eigenvalue weighted by Crippen LogP contribution is -2.25. The summed E-state index contributed by atoms with van der Waals surface area (Å²) in [6.45, 7) is 1.87. The van der Waals surface area contributed by atoms with Crippen molar-refractivity contribution in [3.05, 3.63) is 23.5 Å². The average Bonchev–Trinajstić information content (AvgIpc) is 2.39. The summed E-state index contributed by atoms with van der Waals surface area (Å²) in [7, 11) is -3.69. The fraction of sp³-hybridized carbons (Fsp3) is 0.538. The predicted octanol–water partition coefficient (Wildman–Crippen LogP) is 2.53. The summed E-state index contributed by atoms with van der Waals surface area (Å²) in [6.07, 6.45) is 4.84. The number of nitrogens with one attached hydrogen (secondary N) is 1. The molecule has 4 nitrogen and oxygen atoms in total. The van der Waals surface area contributed by atoms with Crippen molar-refractivity contribution in [1.29, 1.82) is 0 Å². The maximum absolute atomic E-state index is 13.5. The molecule has 0 saturated carbocycles. The van der Waals surface area contributed by atoms with Crippen LogP contribution < -0.4 is 10.5 Å². The highest BCUT2D eigenvalue weighted by Gasteiger charge is 2.16. The van der Waals surface area contributed by atoms with Gasteiger partial charge in [-0.2, -0.15) is 11.8 Å². The van der Waals surface area contributed by atoms with Crippen molar-refractivity contribution in [3.8, 4) is 0 Å². The fourth-order valence-electron chi connectivity index (χ4n) is 1.67. The van der Waals surface area contributed by atoms with Crippen LogP contribution >= 0.6 is 11.8 Å². The molecule has 3 N–H and O–H groups in total. The molecular formula is C13H21FN2O2S2. The van der Waals surface area contributed by atoms with Crippen LogP contribution in [0.2, 0.25) is 0 Å². The van der Waals surface area contributed by atoms with E-state index in [0.29, 0.717) is 6.54 Å². The van der Waals surface area contributed by atoms with Crippen molar-refractivity contribution in [3.63, 3.8) is 0 Å². The lowest BCUT2D eigenvalue weighted by atomic mass is 10.2. The Morgan fingerprint density at radius 3 is 2.60 bits per heavy atom. The predicted molar refractivity (Wildman–Crippen MR) is 83.0 cm³/mol. The molecule has 0 saturated heterocycles. The maximum atomic E-state index is 13.5. The molecule has 0 atom stereocenters. The Morgan fingerprint density at radius 1 is 1.30 bits per heavy atom. The molecule has 1 aromatic rings. The lowest BCUT2D eigenvalue weighted by molar-refractivity contribution is 0.572. The van der Waals surface area contributed by atoms with Gasteiger partial charge in [-0.15, -0.1) is 0 Å². The molecule has 20 heavy (non-hydrogen) atoms. The number of nitrogen functional groups attached to an aromatic ring is 1. The molecule has 0 radical (unpaired) electrons. The van der Waals surface area contributed by atoms with Gasteiger partial charge in [0.2, 0.25) is 10.0 Å². The minimum atomic E-state index is -3.69. The largest absolute Gasteiger partial charge is 0.398 e. The second kappa shape index (κ2) is 7.85. The van der Waals surface area contributed by atoms with E-state index in [1.54, 1.807) is 11.8 Å². The molecule has 0 aromatic heterocycles. The van der Waals surface area contributed by atoms with E-state index in [2.05, 4.69) is 4.72 Å². The first-order chi connectivity index (χ1) is 9.38. The zero-order valence-corrected chi connectivity index (χ0v) is 13.4. The standard InChI is InChI=1S/C13H21FN2O2S2/c1-10-12(14)8-11(9-13(10)15)20(17,18)16-6-4-3-5-7-19-2/h8-9,16H,3-7,15H2,1-2H3. The van der Waals surface area contributed by atoms with Crippen LogP contribution in [0.3, 0.4) is 0 Å². The number of unbranched alkanes of at least 4 members (excludes halogenated alkanes) is 2. The van der Waals surface area contributed by atoms with E-state index < -0.39 is 15.8 Å². The van der Waals surface area contributed by atoms with E-state index in [1.165, 1.54) is 13.0 Å². The molecule has 0 unspecified atom stereocenters. The molecule has 0 amide bonds. The topological polar surface area (TPSA) is 72.2 Å². The molecule has 0 aliphatic heterocycles. The van der Waals surface area contributed by atoms with Gasteiger partial charge in [-0.3, -0.25) is 0 Å². The average molecular weight is 320 g/mol. The third-order valence-corrected chi connectivity index (χ3v) is 5.12. The summed E-state index contributed by atoms with van der Waals surface area (Å²) >= 11 is 1.77. The highest BCUT2D eigenvalue weighted by Crippen LogP contribution is 2.20. The molecule has 0 fully saturated rings. The summed E-state index contributed by atoms with van der Waals surface area (Å²) in [5.74, 6) is 0.470. The summed E-state index contributed by atoms with van der Waals surface area (Å²) in [5, 5.41) is 0. The van der Waals surface area contributed by atoms with Crippen molar-refractivity contribution in [2.75, 3.05) is 24.3 Å². The van der Waals surface area contributed by atoms with Crippen LogP contribution in [-0.4, -0.2) is 27.0 Å². The van der Waals surface area contributed by atoms with Gasteiger partial charge in [0.05, 0.1) is 4.90 Å². The number of hydrogen-bond acceptors (Lipinski definition) is 4. The van der Waals surface area contributed by atoms with Gasteiger partial charge in [0.1, 0.15) is 5.82 Å². The van der Waals surface area contributed by atoms with Crippen LogP contribution in [0.1, 0.15) is 24.8 Å². The van der Waals surface area contributed by atoms with Crippen LogP contribution in [0.15, 0.2) is 17.0 Å². The smallest absolute Gasteiger partial charge is 0.240 e. The van der Waals surface area contributed by atoms with Gasteiger partial charge < -0.3 is 5.73 Å². The van der Waals surface area contributed by atoms with Gasteiger partial charge in [-0.1, -0.05) is 6.42 Å². The molecule has 1 rings (SSSR count). The zero-order valence-electron chi connectivity index (χ0n) is 11.8. The van der Waals surface area contributed by atoms with Crippen LogP contribution in [0.5, 0.6) is 0 Å². The number of halogens is 1. The lowest BCUT2D eigenvalue weighted by Gasteiger charge is -2.09. The van der Waals surface area contributed by atoms with Gasteiger partial charge in [0, 0.05) is 17.8 Å². The van der Waals surface area contributed by atoms with E-state index in [-0.39, 0.29) is 16.1 Å². The summed E-state index contributed by atoms with van der Waals surface area (Å²) < 4.78 is 40.0. The van der Waals surface area contributed by atoms with Crippen molar-refractivity contribution in [2.24, 2.45) is 0 Å². The number of benzene rings is 1. The molecule has 114 valence electrons. The van der Waals surface area contributed by atoms with Crippen molar-refractivity contribution < 1.29 is 12.8 Å². The van der Waals surface area contributed by atoms with E-state index in [1.807, 2.05) is 6.26 Å². The molecule has 0 aliphatic carbocycles. The molecular weight excluding hydrogens is 299 g/mol. The Morgan fingerprint density at radius 2 is 2.00 bits per heavy atom. The number of nitrogens with two attached hydrogens (primary N) is 1. The van der Waals surface area contributed by atoms with Gasteiger partial charge in [-0.05, 0) is 43.9 Å². The normalized spacial score (nSPS) is 11.8. The quantitative estimate of drug-likeness (QED) is 0.570. The molecule has 0 heterocycles. The number of hydrogen-bond donors (Lipinski definition) is 2. The zero-order chi connectivity index (χ0) is 15.2. The second-order valence-corrected chi connectivity index (χ2v) is 7.32. The summed E-state index contributed by atoms with van der Waals surface area (Å²) in [5.41, 5.74) is 6.00. The highest BCUT2D eigenvalue weighted by molar-refractivity contribution is 7.98. The third kappa shape index (κ3) is 4.96. The SMILES string of the molecule is CSCCCCCNS(=O)(=O)c1cc(N)c(C)c(F)c1. The Bertz CT molecular complexity index is 524. The molecule has 1 aromatic carbocycles. The van der Waals surface area contributed by atoms with Crippen molar-refractivity contribution >= 4 is 27.5 Å². The highest BCUT2D eigenvalue weighted by atomic mass is 32.2. The monoisotopic (exact) mass is 320 g/mol. The van der Waals surface area contributed by atoms with Crippen LogP contribution in [0.4, 0.5) is 10.1 Å². The number of thioether (sulfide) groups is 1. The Hall–Kier alpha value is -0.790. The van der Waals surface area contributed by atoms with Crippen LogP contribution in [0, 0.1) is 12.7 Å². The van der Waals surface area contributed by atoms with Crippen molar-refractivity contribution in [2.45, 2.75) is 31.1 Å². The molecule has 0 aliphatic rings. The Labute approximate surface area is 124 Å². The number of anilines is 1. The van der Waals surface area contributed by atoms with Gasteiger partial charge in [0.15, 0.2) is 0 Å². The first-order valence-corrected chi connectivity index (χ1v) is 9.30. The Balaban J connectivity index is 2.61. The minimum absolute atomic E-state index is 0.123. The minimum Gasteiger partial charge on any atom is -0.398 e. The molecule has 7 heteroatoms.